The molecule has 2 aliphatic rings. The van der Waals surface area contributed by atoms with Crippen LogP contribution in [0.2, 0.25) is 0 Å². The van der Waals surface area contributed by atoms with E-state index in [9.17, 15) is 4.79 Å². The Bertz CT molecular complexity index is 998. The van der Waals surface area contributed by atoms with Crippen molar-refractivity contribution in [2.75, 3.05) is 0 Å². The molecule has 1 saturated heterocycles. The largest absolute Gasteiger partial charge is 0.293 e. The molecule has 0 radical (unpaired) electrons. The summed E-state index contributed by atoms with van der Waals surface area (Å²) in [5.41, 5.74) is 3.61. The number of benzene rings is 3. The molecule has 0 aromatic heterocycles. The third-order valence-electron chi connectivity index (χ3n) is 7.09. The molecular formula is C30H31NO. The summed E-state index contributed by atoms with van der Waals surface area (Å²) in [6, 6.07) is 31.9. The van der Waals surface area contributed by atoms with Gasteiger partial charge >= 0.3 is 0 Å². The number of rotatable bonds is 7. The van der Waals surface area contributed by atoms with Gasteiger partial charge in [-0.15, -0.1) is 0 Å². The Morgan fingerprint density at radius 3 is 1.84 bits per heavy atom. The maximum atomic E-state index is 13.5. The van der Waals surface area contributed by atoms with E-state index in [4.69, 9.17) is 0 Å². The van der Waals surface area contributed by atoms with E-state index in [0.717, 1.165) is 5.56 Å². The van der Waals surface area contributed by atoms with Crippen molar-refractivity contribution in [2.24, 2.45) is 5.92 Å². The number of hydrogen-bond acceptors (Lipinski definition) is 2. The van der Waals surface area contributed by atoms with Gasteiger partial charge < -0.3 is 0 Å². The molecule has 2 nitrogen and oxygen atoms in total. The zero-order valence-electron chi connectivity index (χ0n) is 18.5. The molecule has 0 amide bonds. The summed E-state index contributed by atoms with van der Waals surface area (Å²) >= 11 is 0. The molecule has 1 saturated carbocycles. The van der Waals surface area contributed by atoms with Gasteiger partial charge in [-0.3, -0.25) is 9.69 Å². The third kappa shape index (κ3) is 4.47. The topological polar surface area (TPSA) is 20.1 Å². The summed E-state index contributed by atoms with van der Waals surface area (Å²) in [7, 11) is 0. The van der Waals surface area contributed by atoms with Crippen LogP contribution in [0.3, 0.4) is 0 Å². The molecule has 0 spiro atoms. The average Bonchev–Trinajstić information content (AvgIpc) is 3.60. The summed E-state index contributed by atoms with van der Waals surface area (Å²) < 4.78 is 0. The number of hydrogen-bond donors (Lipinski definition) is 0. The van der Waals surface area contributed by atoms with Gasteiger partial charge in [0.25, 0.3) is 0 Å². The van der Waals surface area contributed by atoms with E-state index >= 15 is 0 Å². The van der Waals surface area contributed by atoms with Gasteiger partial charge in [-0.1, -0.05) is 116 Å². The molecule has 3 atom stereocenters. The molecular weight excluding hydrogens is 390 g/mol. The first-order valence-electron chi connectivity index (χ1n) is 12.0. The standard InChI is InChI=1S/C30H31NO/c32-27(22-21-23-13-5-1-6-14-23)30-29(26-19-11-4-12-20-26)31(30)28(24-15-7-2-8-16-24)25-17-9-3-10-18-25/h1-3,5-10,13-18,21-22,26,28-30H,4,11-12,19-20H2/b22-21+/t29-,30+,31?/m1/s1. The minimum atomic E-state index is -0.0384. The van der Waals surface area contributed by atoms with E-state index in [1.165, 1.54) is 43.2 Å². The molecule has 1 aliphatic heterocycles. The third-order valence-corrected chi connectivity index (χ3v) is 7.09. The second-order valence-electron chi connectivity index (χ2n) is 9.15. The van der Waals surface area contributed by atoms with Crippen LogP contribution < -0.4 is 0 Å². The van der Waals surface area contributed by atoms with Crippen molar-refractivity contribution in [1.82, 2.24) is 4.90 Å². The molecule has 5 rings (SSSR count). The highest BCUT2D eigenvalue weighted by molar-refractivity contribution is 6.00. The fourth-order valence-corrected chi connectivity index (χ4v) is 5.54. The lowest BCUT2D eigenvalue weighted by Gasteiger charge is -2.25. The molecule has 162 valence electrons. The van der Waals surface area contributed by atoms with Crippen LogP contribution in [0.5, 0.6) is 0 Å². The van der Waals surface area contributed by atoms with Gasteiger partial charge in [0.15, 0.2) is 5.78 Å². The molecule has 3 aromatic rings. The second-order valence-corrected chi connectivity index (χ2v) is 9.15. The smallest absolute Gasteiger partial charge is 0.174 e. The van der Waals surface area contributed by atoms with Gasteiger partial charge in [0.1, 0.15) is 0 Å². The van der Waals surface area contributed by atoms with Crippen molar-refractivity contribution in [2.45, 2.75) is 50.2 Å². The van der Waals surface area contributed by atoms with Gasteiger partial charge in [0.05, 0.1) is 12.1 Å². The van der Waals surface area contributed by atoms with E-state index < -0.39 is 0 Å². The quantitative estimate of drug-likeness (QED) is 0.313. The zero-order chi connectivity index (χ0) is 21.8. The molecule has 1 heterocycles. The SMILES string of the molecule is O=C(/C=C/c1ccccc1)[C@H]1[C@@H](C2CCCCC2)N1C(c1ccccc1)c1ccccc1. The van der Waals surface area contributed by atoms with E-state index in [1.54, 1.807) is 0 Å². The van der Waals surface area contributed by atoms with Crippen molar-refractivity contribution in [1.29, 1.82) is 0 Å². The zero-order valence-corrected chi connectivity index (χ0v) is 18.5. The van der Waals surface area contributed by atoms with Crippen LogP contribution in [0.25, 0.3) is 6.08 Å². The lowest BCUT2D eigenvalue weighted by molar-refractivity contribution is -0.115. The molecule has 0 N–H and O–H groups in total. The summed E-state index contributed by atoms with van der Waals surface area (Å²) in [5, 5.41) is 0. The van der Waals surface area contributed by atoms with Gasteiger partial charge in [-0.25, -0.2) is 0 Å². The van der Waals surface area contributed by atoms with Gasteiger partial charge in [0.2, 0.25) is 0 Å². The van der Waals surface area contributed by atoms with E-state index in [-0.39, 0.29) is 17.9 Å². The molecule has 1 unspecified atom stereocenters. The predicted octanol–water partition coefficient (Wildman–Crippen LogP) is 6.69. The molecule has 3 aromatic carbocycles. The van der Waals surface area contributed by atoms with Crippen molar-refractivity contribution >= 4 is 11.9 Å². The van der Waals surface area contributed by atoms with Crippen LogP contribution >= 0.6 is 0 Å². The summed E-state index contributed by atoms with van der Waals surface area (Å²) in [6.45, 7) is 0. The van der Waals surface area contributed by atoms with E-state index in [2.05, 4.69) is 65.6 Å². The highest BCUT2D eigenvalue weighted by atomic mass is 16.1. The minimum Gasteiger partial charge on any atom is -0.293 e. The number of nitrogens with zero attached hydrogens (tertiary/aromatic N) is 1. The van der Waals surface area contributed by atoms with Gasteiger partial charge in [0, 0.05) is 6.04 Å². The first-order valence-corrected chi connectivity index (χ1v) is 12.0. The molecule has 1 aliphatic carbocycles. The Labute approximate surface area is 191 Å². The Kier molecular flexibility index (Phi) is 6.31. The summed E-state index contributed by atoms with van der Waals surface area (Å²) in [5.74, 6) is 0.846. The second kappa shape index (κ2) is 9.67. The van der Waals surface area contributed by atoms with Crippen molar-refractivity contribution < 1.29 is 4.79 Å². The Hall–Kier alpha value is -2.97. The maximum Gasteiger partial charge on any atom is 0.174 e. The molecule has 32 heavy (non-hydrogen) atoms. The monoisotopic (exact) mass is 421 g/mol. The number of carbonyl (C=O) groups excluding carboxylic acids is 1. The highest BCUT2D eigenvalue weighted by Gasteiger charge is 2.58. The maximum absolute atomic E-state index is 13.5. The van der Waals surface area contributed by atoms with Crippen LogP contribution in [0, 0.1) is 5.92 Å². The normalized spacial score (nSPS) is 23.5. The van der Waals surface area contributed by atoms with Crippen LogP contribution in [0.1, 0.15) is 54.8 Å². The highest BCUT2D eigenvalue weighted by Crippen LogP contribution is 2.49. The van der Waals surface area contributed by atoms with Crippen LogP contribution in [-0.4, -0.2) is 22.8 Å². The lowest BCUT2D eigenvalue weighted by atomic mass is 9.85. The number of carbonyl (C=O) groups is 1. The Morgan fingerprint density at radius 2 is 1.28 bits per heavy atom. The van der Waals surface area contributed by atoms with Crippen molar-refractivity contribution in [3.05, 3.63) is 114 Å². The van der Waals surface area contributed by atoms with Crippen LogP contribution in [-0.2, 0) is 4.79 Å². The average molecular weight is 422 g/mol. The van der Waals surface area contributed by atoms with Crippen molar-refractivity contribution in [3.8, 4) is 0 Å². The summed E-state index contributed by atoms with van der Waals surface area (Å²) in [6.07, 6.45) is 10.2. The number of ketones is 1. The minimum absolute atomic E-state index is 0.0384. The van der Waals surface area contributed by atoms with E-state index in [0.29, 0.717) is 12.0 Å². The van der Waals surface area contributed by atoms with Crippen LogP contribution in [0.15, 0.2) is 97.1 Å². The summed E-state index contributed by atoms with van der Waals surface area (Å²) in [4.78, 5) is 16.0. The first-order chi connectivity index (χ1) is 15.8. The molecule has 0 bridgehead atoms. The van der Waals surface area contributed by atoms with Gasteiger partial charge in [-0.2, -0.15) is 0 Å². The Balaban J connectivity index is 1.48. The molecule has 2 fully saturated rings. The fraction of sp³-hybridized carbons (Fsp3) is 0.300. The predicted molar refractivity (Wildman–Crippen MR) is 131 cm³/mol. The van der Waals surface area contributed by atoms with Gasteiger partial charge in [-0.05, 0) is 41.5 Å². The fourth-order valence-electron chi connectivity index (χ4n) is 5.54. The lowest BCUT2D eigenvalue weighted by Crippen LogP contribution is -2.20. The first kappa shape index (κ1) is 20.9. The van der Waals surface area contributed by atoms with E-state index in [1.807, 2.05) is 42.5 Å². The van der Waals surface area contributed by atoms with Crippen LogP contribution in [0.4, 0.5) is 0 Å². The van der Waals surface area contributed by atoms with Crippen molar-refractivity contribution in [3.63, 3.8) is 0 Å². The Morgan fingerprint density at radius 1 is 0.750 bits per heavy atom. The molecule has 2 heteroatoms.